The van der Waals surface area contributed by atoms with Crippen molar-refractivity contribution in [1.82, 2.24) is 19.9 Å². The van der Waals surface area contributed by atoms with E-state index in [4.69, 9.17) is 15.0 Å². The van der Waals surface area contributed by atoms with E-state index >= 15 is 0 Å². The molecule has 2 atom stereocenters. The standard InChI is InChI=1S/C23H20F3N7O5/c1-22(18(34)20(35)29-12-2-4-14-15(10-12)38-31-19(14)27)21(36)32(8-9-37-22)17-6-7-33(30-17)13-3-5-16(28-11-13)23(24,25)26/h2-7,10-11,18,34H,8-9H2,1H3,(H2,27,31)(H,29,35)/t18-,22+/m0/s1. The highest BCUT2D eigenvalue weighted by Gasteiger charge is 2.51. The maximum atomic E-state index is 13.4. The predicted molar refractivity (Wildman–Crippen MR) is 126 cm³/mol. The van der Waals surface area contributed by atoms with Crippen LogP contribution in [0.25, 0.3) is 16.7 Å². The summed E-state index contributed by atoms with van der Waals surface area (Å²) in [5, 5.41) is 21.8. The van der Waals surface area contributed by atoms with Gasteiger partial charge in [0.2, 0.25) is 0 Å². The second-order valence-corrected chi connectivity index (χ2v) is 8.60. The molecule has 12 nitrogen and oxygen atoms in total. The van der Waals surface area contributed by atoms with Crippen molar-refractivity contribution in [2.45, 2.75) is 24.8 Å². The minimum Gasteiger partial charge on any atom is -0.380 e. The minimum absolute atomic E-state index is 0.0232. The van der Waals surface area contributed by atoms with Crippen LogP contribution in [0, 0.1) is 0 Å². The normalized spacial score (nSPS) is 19.1. The lowest BCUT2D eigenvalue weighted by molar-refractivity contribution is -0.170. The third kappa shape index (κ3) is 4.41. The molecule has 38 heavy (non-hydrogen) atoms. The quantitative estimate of drug-likeness (QED) is 0.350. The number of rotatable bonds is 5. The average Bonchev–Trinajstić information content (AvgIpc) is 3.52. The fourth-order valence-electron chi connectivity index (χ4n) is 3.98. The lowest BCUT2D eigenvalue weighted by atomic mass is 9.94. The number of ether oxygens (including phenoxy) is 1. The highest BCUT2D eigenvalue weighted by atomic mass is 19.4. The number of nitrogen functional groups attached to an aromatic ring is 1. The first-order chi connectivity index (χ1) is 18.0. The molecule has 0 spiro atoms. The average molecular weight is 531 g/mol. The second-order valence-electron chi connectivity index (χ2n) is 8.60. The number of benzene rings is 1. The molecule has 2 amide bonds. The summed E-state index contributed by atoms with van der Waals surface area (Å²) in [6.45, 7) is 1.32. The molecule has 3 aromatic heterocycles. The van der Waals surface area contributed by atoms with Crippen LogP contribution < -0.4 is 16.0 Å². The molecule has 198 valence electrons. The van der Waals surface area contributed by atoms with Crippen LogP contribution in [-0.2, 0) is 20.5 Å². The molecule has 0 unspecified atom stereocenters. The number of nitrogens with two attached hydrogens (primary N) is 1. The summed E-state index contributed by atoms with van der Waals surface area (Å²) >= 11 is 0. The molecule has 0 saturated carbocycles. The van der Waals surface area contributed by atoms with E-state index in [2.05, 4.69) is 20.6 Å². The summed E-state index contributed by atoms with van der Waals surface area (Å²) in [5.74, 6) is -1.31. The number of carbonyl (C=O) groups is 2. The van der Waals surface area contributed by atoms with Gasteiger partial charge in [0, 0.05) is 24.0 Å². The number of carbonyl (C=O) groups excluding carboxylic acids is 2. The third-order valence-electron chi connectivity index (χ3n) is 6.08. The number of anilines is 3. The summed E-state index contributed by atoms with van der Waals surface area (Å²) in [4.78, 5) is 30.8. The Morgan fingerprint density at radius 3 is 2.76 bits per heavy atom. The van der Waals surface area contributed by atoms with Crippen molar-refractivity contribution < 1.29 is 37.1 Å². The molecule has 1 saturated heterocycles. The summed E-state index contributed by atoms with van der Waals surface area (Å²) in [6, 6.07) is 8.04. The van der Waals surface area contributed by atoms with Crippen LogP contribution in [-0.4, -0.2) is 61.7 Å². The summed E-state index contributed by atoms with van der Waals surface area (Å²) in [5.41, 5.74) is 3.49. The first kappa shape index (κ1) is 25.2. The topological polar surface area (TPSA) is 162 Å². The van der Waals surface area contributed by atoms with Gasteiger partial charge in [-0.05, 0) is 31.2 Å². The van der Waals surface area contributed by atoms with Crippen molar-refractivity contribution in [3.8, 4) is 5.69 Å². The summed E-state index contributed by atoms with van der Waals surface area (Å²) in [7, 11) is 0. The number of alkyl halides is 3. The van der Waals surface area contributed by atoms with Gasteiger partial charge in [0.1, 0.15) is 5.69 Å². The van der Waals surface area contributed by atoms with Gasteiger partial charge in [-0.2, -0.15) is 13.2 Å². The molecule has 1 aliphatic heterocycles. The zero-order chi connectivity index (χ0) is 27.2. The van der Waals surface area contributed by atoms with Gasteiger partial charge in [-0.1, -0.05) is 5.16 Å². The van der Waals surface area contributed by atoms with E-state index in [-0.39, 0.29) is 36.2 Å². The van der Waals surface area contributed by atoms with Crippen LogP contribution in [0.15, 0.2) is 53.3 Å². The molecular weight excluding hydrogens is 511 g/mol. The Hall–Kier alpha value is -4.50. The Kier molecular flexibility index (Phi) is 6.03. The van der Waals surface area contributed by atoms with E-state index in [0.717, 1.165) is 12.3 Å². The number of hydrogen-bond acceptors (Lipinski definition) is 9. The zero-order valence-corrected chi connectivity index (χ0v) is 19.6. The third-order valence-corrected chi connectivity index (χ3v) is 6.08. The summed E-state index contributed by atoms with van der Waals surface area (Å²) < 4.78 is 50.2. The zero-order valence-electron chi connectivity index (χ0n) is 19.6. The van der Waals surface area contributed by atoms with Gasteiger partial charge >= 0.3 is 6.18 Å². The first-order valence-electron chi connectivity index (χ1n) is 11.2. The van der Waals surface area contributed by atoms with Crippen molar-refractivity contribution in [1.29, 1.82) is 0 Å². The van der Waals surface area contributed by atoms with E-state index in [9.17, 15) is 27.9 Å². The van der Waals surface area contributed by atoms with Crippen molar-refractivity contribution >= 4 is 40.1 Å². The van der Waals surface area contributed by atoms with Crippen LogP contribution in [0.3, 0.4) is 0 Å². The van der Waals surface area contributed by atoms with Gasteiger partial charge < -0.3 is 25.4 Å². The van der Waals surface area contributed by atoms with Gasteiger partial charge in [-0.15, -0.1) is 5.10 Å². The first-order valence-corrected chi connectivity index (χ1v) is 11.2. The number of halogens is 3. The molecule has 4 N–H and O–H groups in total. The number of aliphatic hydroxyl groups excluding tert-OH is 1. The molecule has 0 radical (unpaired) electrons. The Bertz CT molecular complexity index is 1520. The monoisotopic (exact) mass is 531 g/mol. The van der Waals surface area contributed by atoms with Crippen LogP contribution in [0.5, 0.6) is 0 Å². The summed E-state index contributed by atoms with van der Waals surface area (Å²) in [6.07, 6.45) is -4.05. The van der Waals surface area contributed by atoms with Crippen molar-refractivity contribution in [3.05, 3.63) is 54.5 Å². The molecule has 0 bridgehead atoms. The van der Waals surface area contributed by atoms with Crippen molar-refractivity contribution in [2.24, 2.45) is 0 Å². The number of pyridine rings is 1. The van der Waals surface area contributed by atoms with Crippen LogP contribution in [0.2, 0.25) is 0 Å². The minimum atomic E-state index is -4.58. The van der Waals surface area contributed by atoms with E-state index in [1.165, 1.54) is 47.0 Å². The lowest BCUT2D eigenvalue weighted by Gasteiger charge is -2.40. The number of nitrogens with zero attached hydrogens (tertiary/aromatic N) is 5. The Morgan fingerprint density at radius 2 is 2.05 bits per heavy atom. The number of morpholine rings is 1. The molecule has 4 heterocycles. The predicted octanol–water partition coefficient (Wildman–Crippen LogP) is 2.13. The fraction of sp³-hybridized carbons (Fsp3) is 0.261. The molecular formula is C23H20F3N7O5. The molecule has 0 aliphatic carbocycles. The highest BCUT2D eigenvalue weighted by Crippen LogP contribution is 2.30. The number of amides is 2. The maximum absolute atomic E-state index is 13.4. The van der Waals surface area contributed by atoms with E-state index < -0.39 is 35.4 Å². The Balaban J connectivity index is 1.32. The van der Waals surface area contributed by atoms with Gasteiger partial charge in [0.15, 0.2) is 28.9 Å². The van der Waals surface area contributed by atoms with Crippen LogP contribution in [0.1, 0.15) is 12.6 Å². The fourth-order valence-corrected chi connectivity index (χ4v) is 3.98. The Morgan fingerprint density at radius 1 is 1.26 bits per heavy atom. The van der Waals surface area contributed by atoms with E-state index in [0.29, 0.717) is 11.0 Å². The molecule has 1 aliphatic rings. The SMILES string of the molecule is C[C@]1([C@@H](O)C(=O)Nc2ccc3c(N)noc3c2)OCCN(c2ccn(-c3ccc(C(F)(F)F)nc3)n2)C1=O. The lowest BCUT2D eigenvalue weighted by Crippen LogP contribution is -2.63. The van der Waals surface area contributed by atoms with Crippen molar-refractivity contribution in [2.75, 3.05) is 29.1 Å². The van der Waals surface area contributed by atoms with Gasteiger partial charge in [-0.25, -0.2) is 9.67 Å². The number of aromatic nitrogens is 4. The van der Waals surface area contributed by atoms with E-state index in [1.807, 2.05) is 0 Å². The molecule has 4 aromatic rings. The molecule has 5 rings (SSSR count). The van der Waals surface area contributed by atoms with Gasteiger partial charge in [-0.3, -0.25) is 14.5 Å². The maximum Gasteiger partial charge on any atom is 0.433 e. The molecule has 1 fully saturated rings. The van der Waals surface area contributed by atoms with Gasteiger partial charge in [0.25, 0.3) is 11.8 Å². The molecule has 1 aromatic carbocycles. The van der Waals surface area contributed by atoms with E-state index in [1.54, 1.807) is 6.07 Å². The van der Waals surface area contributed by atoms with Crippen LogP contribution >= 0.6 is 0 Å². The number of fused-ring (bicyclic) bond motifs is 1. The number of nitrogens with one attached hydrogen (secondary N) is 1. The smallest absolute Gasteiger partial charge is 0.380 e. The largest absolute Gasteiger partial charge is 0.433 e. The Labute approximate surface area is 211 Å². The van der Waals surface area contributed by atoms with Crippen molar-refractivity contribution in [3.63, 3.8) is 0 Å². The highest BCUT2D eigenvalue weighted by molar-refractivity contribution is 6.06. The van der Waals surface area contributed by atoms with Crippen LogP contribution in [0.4, 0.5) is 30.5 Å². The second kappa shape index (κ2) is 9.11. The van der Waals surface area contributed by atoms with Gasteiger partial charge in [0.05, 0.1) is 30.4 Å². The molecule has 15 heteroatoms. The number of aliphatic hydroxyl groups is 1. The number of hydrogen-bond donors (Lipinski definition) is 3.